The van der Waals surface area contributed by atoms with Crippen molar-refractivity contribution < 1.29 is 22.7 Å². The standard InChI is InChI=1S/C22H24N2O5S2/c1-4-24(5-2)31(26,27)20-13-17(11-12-19(20)28-3)22(25)29-14-18-15-30-21(23-18)16-9-7-6-8-10-16/h6-13,15H,4-5,14H2,1-3H3. The van der Waals surface area contributed by atoms with Crippen LogP contribution in [0.3, 0.4) is 0 Å². The molecule has 0 aliphatic carbocycles. The van der Waals surface area contributed by atoms with E-state index in [1.165, 1.54) is 41.0 Å². The molecular weight excluding hydrogens is 436 g/mol. The lowest BCUT2D eigenvalue weighted by Crippen LogP contribution is -2.31. The van der Waals surface area contributed by atoms with E-state index in [4.69, 9.17) is 9.47 Å². The lowest BCUT2D eigenvalue weighted by Gasteiger charge is -2.20. The first kappa shape index (κ1) is 22.9. The van der Waals surface area contributed by atoms with Gasteiger partial charge in [0.15, 0.2) is 0 Å². The van der Waals surface area contributed by atoms with Gasteiger partial charge in [0.2, 0.25) is 10.0 Å². The second-order valence-corrected chi connectivity index (χ2v) is 9.31. The first-order chi connectivity index (χ1) is 14.9. The molecule has 1 heterocycles. The van der Waals surface area contributed by atoms with Crippen molar-refractivity contribution in [3.8, 4) is 16.3 Å². The third-order valence-corrected chi connectivity index (χ3v) is 7.66. The lowest BCUT2D eigenvalue weighted by molar-refractivity contribution is 0.0468. The number of carbonyl (C=O) groups is 1. The molecule has 0 amide bonds. The zero-order valence-electron chi connectivity index (χ0n) is 17.6. The summed E-state index contributed by atoms with van der Waals surface area (Å²) in [5, 5.41) is 2.67. The summed E-state index contributed by atoms with van der Waals surface area (Å²) in [7, 11) is -2.41. The number of thiazole rings is 1. The molecule has 0 aliphatic rings. The number of methoxy groups -OCH3 is 1. The van der Waals surface area contributed by atoms with E-state index in [2.05, 4.69) is 4.98 Å². The highest BCUT2D eigenvalue weighted by Gasteiger charge is 2.27. The molecule has 0 unspecified atom stereocenters. The molecule has 0 bridgehead atoms. The first-order valence-corrected chi connectivity index (χ1v) is 12.1. The van der Waals surface area contributed by atoms with Crippen LogP contribution < -0.4 is 4.74 Å². The molecule has 1 aromatic heterocycles. The zero-order chi connectivity index (χ0) is 22.4. The van der Waals surface area contributed by atoms with Crippen molar-refractivity contribution in [2.75, 3.05) is 20.2 Å². The van der Waals surface area contributed by atoms with E-state index in [0.29, 0.717) is 18.8 Å². The second-order valence-electron chi connectivity index (χ2n) is 6.54. The average Bonchev–Trinajstić information content (AvgIpc) is 3.27. The molecule has 7 nitrogen and oxygen atoms in total. The van der Waals surface area contributed by atoms with Gasteiger partial charge in [0.1, 0.15) is 22.3 Å². The maximum Gasteiger partial charge on any atom is 0.338 e. The fraction of sp³-hybridized carbons (Fsp3) is 0.273. The van der Waals surface area contributed by atoms with Gasteiger partial charge in [-0.1, -0.05) is 44.2 Å². The highest BCUT2D eigenvalue weighted by Crippen LogP contribution is 2.28. The molecule has 0 fully saturated rings. The van der Waals surface area contributed by atoms with Crippen molar-refractivity contribution >= 4 is 27.3 Å². The number of aromatic nitrogens is 1. The number of hydrogen-bond donors (Lipinski definition) is 0. The third kappa shape index (κ3) is 5.12. The van der Waals surface area contributed by atoms with Crippen LogP contribution in [0.4, 0.5) is 0 Å². The Hall–Kier alpha value is -2.75. The average molecular weight is 461 g/mol. The van der Waals surface area contributed by atoms with E-state index >= 15 is 0 Å². The number of nitrogens with zero attached hydrogens (tertiary/aromatic N) is 2. The molecule has 0 saturated carbocycles. The van der Waals surface area contributed by atoms with Crippen LogP contribution >= 0.6 is 11.3 Å². The SMILES string of the molecule is CCN(CC)S(=O)(=O)c1cc(C(=O)OCc2csc(-c3ccccc3)n2)ccc1OC. The molecule has 0 radical (unpaired) electrons. The summed E-state index contributed by atoms with van der Waals surface area (Å²) >= 11 is 1.47. The fourth-order valence-corrected chi connectivity index (χ4v) is 5.47. The minimum absolute atomic E-state index is 0.00761. The number of benzene rings is 2. The van der Waals surface area contributed by atoms with E-state index in [1.54, 1.807) is 13.8 Å². The molecule has 2 aromatic carbocycles. The molecular formula is C22H24N2O5S2. The van der Waals surface area contributed by atoms with E-state index in [9.17, 15) is 13.2 Å². The van der Waals surface area contributed by atoms with Crippen molar-refractivity contribution in [1.29, 1.82) is 0 Å². The van der Waals surface area contributed by atoms with Crippen LogP contribution in [0, 0.1) is 0 Å². The van der Waals surface area contributed by atoms with Crippen molar-refractivity contribution in [3.63, 3.8) is 0 Å². The second kappa shape index (κ2) is 10.0. The summed E-state index contributed by atoms with van der Waals surface area (Å²) in [5.74, 6) is -0.455. The van der Waals surface area contributed by atoms with Crippen molar-refractivity contribution in [1.82, 2.24) is 9.29 Å². The molecule has 3 aromatic rings. The van der Waals surface area contributed by atoms with Crippen LogP contribution in [-0.4, -0.2) is 43.9 Å². The molecule has 3 rings (SSSR count). The van der Waals surface area contributed by atoms with Gasteiger partial charge in [0.05, 0.1) is 18.4 Å². The van der Waals surface area contributed by atoms with Crippen LogP contribution in [0.5, 0.6) is 5.75 Å². The van der Waals surface area contributed by atoms with Crippen LogP contribution in [0.15, 0.2) is 58.8 Å². The summed E-state index contributed by atoms with van der Waals surface area (Å²) in [6, 6.07) is 14.0. The molecule has 31 heavy (non-hydrogen) atoms. The Morgan fingerprint density at radius 1 is 1.10 bits per heavy atom. The smallest absolute Gasteiger partial charge is 0.338 e. The van der Waals surface area contributed by atoms with Gasteiger partial charge in [-0.05, 0) is 18.2 Å². The van der Waals surface area contributed by atoms with Crippen LogP contribution in [0.25, 0.3) is 10.6 Å². The fourth-order valence-electron chi connectivity index (χ4n) is 3.02. The minimum Gasteiger partial charge on any atom is -0.495 e. The largest absolute Gasteiger partial charge is 0.495 e. The number of carbonyl (C=O) groups excluding carboxylic acids is 1. The van der Waals surface area contributed by atoms with E-state index in [0.717, 1.165) is 10.6 Å². The maximum absolute atomic E-state index is 13.0. The Morgan fingerprint density at radius 2 is 1.81 bits per heavy atom. The van der Waals surface area contributed by atoms with Gasteiger partial charge in [0, 0.05) is 24.0 Å². The van der Waals surface area contributed by atoms with E-state index < -0.39 is 16.0 Å². The normalized spacial score (nSPS) is 11.5. The molecule has 0 spiro atoms. The highest BCUT2D eigenvalue weighted by atomic mass is 32.2. The van der Waals surface area contributed by atoms with Crippen molar-refractivity contribution in [2.24, 2.45) is 0 Å². The Labute approximate surface area is 186 Å². The van der Waals surface area contributed by atoms with Crippen molar-refractivity contribution in [3.05, 3.63) is 65.2 Å². The predicted molar refractivity (Wildman–Crippen MR) is 120 cm³/mol. The zero-order valence-corrected chi connectivity index (χ0v) is 19.2. The highest BCUT2D eigenvalue weighted by molar-refractivity contribution is 7.89. The van der Waals surface area contributed by atoms with Gasteiger partial charge >= 0.3 is 5.97 Å². The van der Waals surface area contributed by atoms with Crippen molar-refractivity contribution in [2.45, 2.75) is 25.3 Å². The number of rotatable bonds is 9. The van der Waals surface area contributed by atoms with Crippen LogP contribution in [0.2, 0.25) is 0 Å². The summed E-state index contributed by atoms with van der Waals surface area (Å²) in [6.07, 6.45) is 0. The van der Waals surface area contributed by atoms with Gasteiger partial charge in [-0.3, -0.25) is 0 Å². The molecule has 0 N–H and O–H groups in total. The summed E-state index contributed by atoms with van der Waals surface area (Å²) in [5.41, 5.74) is 1.75. The Balaban J connectivity index is 1.77. The van der Waals surface area contributed by atoms with Gasteiger partial charge in [-0.15, -0.1) is 11.3 Å². The number of ether oxygens (including phenoxy) is 2. The quantitative estimate of drug-likeness (QED) is 0.445. The van der Waals surface area contributed by atoms with Gasteiger partial charge < -0.3 is 9.47 Å². The molecule has 0 aliphatic heterocycles. The van der Waals surface area contributed by atoms with Gasteiger partial charge in [0.25, 0.3) is 0 Å². The van der Waals surface area contributed by atoms with Crippen LogP contribution in [-0.2, 0) is 21.4 Å². The first-order valence-electron chi connectivity index (χ1n) is 9.75. The summed E-state index contributed by atoms with van der Waals surface area (Å²) < 4.78 is 37.8. The van der Waals surface area contributed by atoms with Gasteiger partial charge in [-0.25, -0.2) is 18.2 Å². The van der Waals surface area contributed by atoms with Gasteiger partial charge in [-0.2, -0.15) is 4.31 Å². The third-order valence-electron chi connectivity index (χ3n) is 4.65. The minimum atomic E-state index is -3.80. The Kier molecular flexibility index (Phi) is 7.42. The van der Waals surface area contributed by atoms with E-state index in [-0.39, 0.29) is 22.8 Å². The Morgan fingerprint density at radius 3 is 2.45 bits per heavy atom. The molecule has 0 atom stereocenters. The number of sulfonamides is 1. The molecule has 0 saturated heterocycles. The molecule has 9 heteroatoms. The van der Waals surface area contributed by atoms with E-state index in [1.807, 2.05) is 35.7 Å². The van der Waals surface area contributed by atoms with Crippen LogP contribution in [0.1, 0.15) is 29.9 Å². The molecule has 164 valence electrons. The Bertz CT molecular complexity index is 1140. The number of hydrogen-bond acceptors (Lipinski definition) is 7. The summed E-state index contributed by atoms with van der Waals surface area (Å²) in [6.45, 7) is 4.12. The lowest BCUT2D eigenvalue weighted by atomic mass is 10.2. The number of esters is 1. The predicted octanol–water partition coefficient (Wildman–Crippen LogP) is 4.21. The maximum atomic E-state index is 13.0. The topological polar surface area (TPSA) is 85.8 Å². The monoisotopic (exact) mass is 460 g/mol. The summed E-state index contributed by atoms with van der Waals surface area (Å²) in [4.78, 5) is 17.0.